The van der Waals surface area contributed by atoms with Crippen LogP contribution in [0.4, 0.5) is 0 Å². The highest BCUT2D eigenvalue weighted by molar-refractivity contribution is 6.17. The molecule has 5 nitrogen and oxygen atoms in total. The Morgan fingerprint density at radius 2 is 1.10 bits per heavy atom. The Hall–Kier alpha value is -6.72. The number of rotatable bonds is 3. The second-order valence-electron chi connectivity index (χ2n) is 13.3. The van der Waals surface area contributed by atoms with Crippen molar-refractivity contribution in [3.63, 3.8) is 0 Å². The number of aliphatic imine (C=N–C) groups is 2. The molecule has 1 aliphatic carbocycles. The topological polar surface area (TPSA) is 59.1 Å². The van der Waals surface area contributed by atoms with Crippen molar-refractivity contribution in [2.24, 2.45) is 9.98 Å². The van der Waals surface area contributed by atoms with Crippen LogP contribution in [0.15, 0.2) is 178 Å². The first-order valence-corrected chi connectivity index (χ1v) is 17.3. The molecule has 0 fully saturated rings. The van der Waals surface area contributed by atoms with Crippen molar-refractivity contribution >= 4 is 33.6 Å². The van der Waals surface area contributed by atoms with E-state index in [1.807, 2.05) is 42.5 Å². The molecular formula is C46H29N3O2. The molecule has 3 aliphatic rings. The Balaban J connectivity index is 1.12. The van der Waals surface area contributed by atoms with Gasteiger partial charge in [-0.05, 0) is 64.2 Å². The van der Waals surface area contributed by atoms with E-state index in [4.69, 9.17) is 19.1 Å². The number of nitrogens with zero attached hydrogens (tertiary/aromatic N) is 2. The van der Waals surface area contributed by atoms with Crippen LogP contribution in [-0.2, 0) is 5.41 Å². The minimum Gasteiger partial charge on any atom is -0.457 e. The van der Waals surface area contributed by atoms with Crippen molar-refractivity contribution in [1.29, 1.82) is 0 Å². The van der Waals surface area contributed by atoms with Crippen LogP contribution < -0.4 is 10.1 Å². The van der Waals surface area contributed by atoms with Gasteiger partial charge in [-0.3, -0.25) is 0 Å². The van der Waals surface area contributed by atoms with Crippen molar-refractivity contribution < 1.29 is 9.15 Å². The highest BCUT2D eigenvalue weighted by Crippen LogP contribution is 2.62. The van der Waals surface area contributed by atoms with Crippen LogP contribution in [0.25, 0.3) is 33.1 Å². The van der Waals surface area contributed by atoms with Crippen LogP contribution in [0, 0.1) is 0 Å². The molecule has 1 aromatic heterocycles. The summed E-state index contributed by atoms with van der Waals surface area (Å²) < 4.78 is 13.0. The predicted octanol–water partition coefficient (Wildman–Crippen LogP) is 10.6. The molecule has 11 rings (SSSR count). The monoisotopic (exact) mass is 655 g/mol. The smallest absolute Gasteiger partial charge is 0.169 e. The van der Waals surface area contributed by atoms with Crippen LogP contribution in [0.1, 0.15) is 45.1 Å². The van der Waals surface area contributed by atoms with Crippen LogP contribution in [0.3, 0.4) is 0 Å². The molecule has 0 amide bonds. The molecule has 1 N–H and O–H groups in total. The zero-order valence-electron chi connectivity index (χ0n) is 27.4. The van der Waals surface area contributed by atoms with Gasteiger partial charge in [0, 0.05) is 33.0 Å². The molecule has 0 saturated carbocycles. The van der Waals surface area contributed by atoms with Gasteiger partial charge in [-0.1, -0.05) is 127 Å². The van der Waals surface area contributed by atoms with Crippen molar-refractivity contribution in [2.75, 3.05) is 0 Å². The summed E-state index contributed by atoms with van der Waals surface area (Å²) in [5.41, 5.74) is 11.2. The van der Waals surface area contributed by atoms with E-state index in [1.54, 1.807) is 0 Å². The van der Waals surface area contributed by atoms with Gasteiger partial charge < -0.3 is 14.5 Å². The zero-order valence-corrected chi connectivity index (χ0v) is 27.4. The van der Waals surface area contributed by atoms with Gasteiger partial charge in [-0.2, -0.15) is 0 Å². The number of hydrogen-bond acceptors (Lipinski definition) is 5. The number of para-hydroxylation sites is 2. The molecule has 51 heavy (non-hydrogen) atoms. The second kappa shape index (κ2) is 10.6. The molecule has 1 unspecified atom stereocenters. The summed E-state index contributed by atoms with van der Waals surface area (Å²) in [6, 6.07) is 57.2. The largest absolute Gasteiger partial charge is 0.457 e. The average Bonchev–Trinajstić information content (AvgIpc) is 3.72. The number of furan rings is 1. The van der Waals surface area contributed by atoms with Crippen LogP contribution in [0.2, 0.25) is 0 Å². The summed E-state index contributed by atoms with van der Waals surface area (Å²) in [5, 5.41) is 5.75. The lowest BCUT2D eigenvalue weighted by Crippen LogP contribution is -2.36. The van der Waals surface area contributed by atoms with Crippen LogP contribution in [0.5, 0.6) is 11.5 Å². The van der Waals surface area contributed by atoms with Gasteiger partial charge >= 0.3 is 0 Å². The van der Waals surface area contributed by atoms with E-state index in [9.17, 15) is 0 Å². The molecule has 7 aromatic carbocycles. The van der Waals surface area contributed by atoms with Crippen LogP contribution in [-0.4, -0.2) is 11.7 Å². The van der Waals surface area contributed by atoms with Gasteiger partial charge in [-0.15, -0.1) is 0 Å². The molecular weight excluding hydrogens is 627 g/mol. The van der Waals surface area contributed by atoms with Gasteiger partial charge in [0.15, 0.2) is 6.17 Å². The van der Waals surface area contributed by atoms with Crippen molar-refractivity contribution in [1.82, 2.24) is 5.32 Å². The van der Waals surface area contributed by atoms with Gasteiger partial charge in [0.05, 0.1) is 5.41 Å². The molecule has 240 valence electrons. The SMILES string of the molecule is c1ccc(C2=NC(c3ccc4c(c3)C3(c5ccccc5O4)c4ccccc4-c4ccccc43)N=C(c3ccc4c(c3)oc3ccccc34)N2)cc1. The Bertz CT molecular complexity index is 2730. The van der Waals surface area contributed by atoms with E-state index in [-0.39, 0.29) is 0 Å². The Morgan fingerprint density at radius 3 is 1.90 bits per heavy atom. The first kappa shape index (κ1) is 28.2. The summed E-state index contributed by atoms with van der Waals surface area (Å²) in [5.74, 6) is 3.21. The Morgan fingerprint density at radius 1 is 0.471 bits per heavy atom. The van der Waals surface area contributed by atoms with E-state index in [2.05, 4.69) is 127 Å². The zero-order chi connectivity index (χ0) is 33.5. The summed E-state index contributed by atoms with van der Waals surface area (Å²) in [4.78, 5) is 10.5. The van der Waals surface area contributed by atoms with Crippen molar-refractivity contribution in [3.8, 4) is 22.6 Å². The molecule has 0 radical (unpaired) electrons. The molecule has 3 heterocycles. The summed E-state index contributed by atoms with van der Waals surface area (Å²) >= 11 is 0. The number of amidine groups is 2. The standard InChI is InChI=1S/C46H29N3O2/c1-2-12-28(13-3-1)43-47-44(49-45(48-43)30-22-24-34-33-16-6-10-20-39(33)50-42(34)27-30)29-23-25-41-38(26-29)46(37-19-9-11-21-40(37)51-41)35-17-7-4-14-31(35)32-15-5-8-18-36(32)46/h1-27,44H,(H,47,48,49). The van der Waals surface area contributed by atoms with Gasteiger partial charge in [0.25, 0.3) is 0 Å². The third-order valence-corrected chi connectivity index (χ3v) is 10.6. The van der Waals surface area contributed by atoms with E-state index in [0.717, 1.165) is 72.9 Å². The highest BCUT2D eigenvalue weighted by atomic mass is 16.5. The number of nitrogens with one attached hydrogen (secondary N) is 1. The third kappa shape index (κ3) is 4.03. The van der Waals surface area contributed by atoms with E-state index >= 15 is 0 Å². The minimum absolute atomic E-state index is 0.505. The van der Waals surface area contributed by atoms with Crippen LogP contribution >= 0.6 is 0 Å². The quantitative estimate of drug-likeness (QED) is 0.206. The fourth-order valence-electron chi connectivity index (χ4n) is 8.40. The summed E-state index contributed by atoms with van der Waals surface area (Å²) in [6.45, 7) is 0. The molecule has 1 spiro atoms. The van der Waals surface area contributed by atoms with Gasteiger partial charge in [0.1, 0.15) is 34.3 Å². The Kier molecular flexibility index (Phi) is 5.87. The lowest BCUT2D eigenvalue weighted by atomic mass is 9.66. The molecule has 0 bridgehead atoms. The summed E-state index contributed by atoms with van der Waals surface area (Å²) in [6.07, 6.45) is -0.505. The van der Waals surface area contributed by atoms with E-state index in [1.165, 1.54) is 22.3 Å². The predicted molar refractivity (Wildman–Crippen MR) is 203 cm³/mol. The lowest BCUT2D eigenvalue weighted by Gasteiger charge is -2.39. The molecule has 0 saturated heterocycles. The first-order chi connectivity index (χ1) is 25.3. The normalized spacial score (nSPS) is 16.4. The maximum atomic E-state index is 6.69. The second-order valence-corrected chi connectivity index (χ2v) is 13.3. The molecule has 8 aromatic rings. The minimum atomic E-state index is -0.564. The number of fused-ring (bicyclic) bond motifs is 12. The fraction of sp³-hybridized carbons (Fsp3) is 0.0435. The van der Waals surface area contributed by atoms with Crippen molar-refractivity contribution in [3.05, 3.63) is 203 Å². The maximum absolute atomic E-state index is 6.69. The van der Waals surface area contributed by atoms with E-state index < -0.39 is 11.6 Å². The number of ether oxygens (including phenoxy) is 1. The molecule has 2 aliphatic heterocycles. The highest BCUT2D eigenvalue weighted by Gasteiger charge is 2.51. The summed E-state index contributed by atoms with van der Waals surface area (Å²) in [7, 11) is 0. The van der Waals surface area contributed by atoms with Crippen molar-refractivity contribution in [2.45, 2.75) is 11.6 Å². The average molecular weight is 656 g/mol. The third-order valence-electron chi connectivity index (χ3n) is 10.6. The number of hydrogen-bond donors (Lipinski definition) is 1. The van der Waals surface area contributed by atoms with Gasteiger partial charge in [-0.25, -0.2) is 9.98 Å². The maximum Gasteiger partial charge on any atom is 0.169 e. The van der Waals surface area contributed by atoms with E-state index in [0.29, 0.717) is 0 Å². The first-order valence-electron chi connectivity index (χ1n) is 17.3. The lowest BCUT2D eigenvalue weighted by molar-refractivity contribution is 0.435. The molecule has 5 heteroatoms. The van der Waals surface area contributed by atoms with Gasteiger partial charge in [0.2, 0.25) is 0 Å². The molecule has 1 atom stereocenters. The fourth-order valence-corrected chi connectivity index (χ4v) is 8.40. The number of benzene rings is 7. The Labute approximate surface area is 294 Å².